The van der Waals surface area contributed by atoms with E-state index >= 15 is 0 Å². The van der Waals surface area contributed by atoms with Crippen LogP contribution in [0.25, 0.3) is 0 Å². The number of rotatable bonds is 4. The Bertz CT molecular complexity index is 652. The third-order valence-electron chi connectivity index (χ3n) is 3.09. The molecule has 1 fully saturated rings. The van der Waals surface area contributed by atoms with Crippen molar-refractivity contribution in [2.75, 3.05) is 23.7 Å². The second-order valence-electron chi connectivity index (χ2n) is 5.07. The van der Waals surface area contributed by atoms with Crippen LogP contribution >= 0.6 is 0 Å². The van der Waals surface area contributed by atoms with E-state index in [0.29, 0.717) is 17.9 Å². The van der Waals surface area contributed by atoms with Crippen molar-refractivity contribution in [1.29, 1.82) is 0 Å². The molecular formula is C15H19NO4S. The Kier molecular flexibility index (Phi) is 5.23. The highest BCUT2D eigenvalue weighted by atomic mass is 32.2. The first-order valence-corrected chi connectivity index (χ1v) is 8.47. The van der Waals surface area contributed by atoms with Crippen molar-refractivity contribution in [1.82, 2.24) is 0 Å². The molecule has 1 heterocycles. The summed E-state index contributed by atoms with van der Waals surface area (Å²) in [5.41, 5.74) is 2.05. The Morgan fingerprint density at radius 3 is 2.90 bits per heavy atom. The molecule has 0 aliphatic carbocycles. The van der Waals surface area contributed by atoms with Gasteiger partial charge in [-0.15, -0.1) is 0 Å². The van der Waals surface area contributed by atoms with E-state index in [1.165, 1.54) is 0 Å². The van der Waals surface area contributed by atoms with Gasteiger partial charge in [0.25, 0.3) is 0 Å². The molecule has 0 amide bonds. The van der Waals surface area contributed by atoms with Gasteiger partial charge in [0.2, 0.25) is 10.0 Å². The van der Waals surface area contributed by atoms with Crippen LogP contribution in [-0.4, -0.2) is 38.6 Å². The third kappa shape index (κ3) is 5.05. The predicted molar refractivity (Wildman–Crippen MR) is 81.5 cm³/mol. The fourth-order valence-corrected chi connectivity index (χ4v) is 3.61. The molecule has 114 valence electrons. The molecule has 21 heavy (non-hydrogen) atoms. The molecule has 5 nitrogen and oxygen atoms in total. The van der Waals surface area contributed by atoms with Crippen LogP contribution < -0.4 is 4.72 Å². The first kappa shape index (κ1) is 15.8. The highest BCUT2D eigenvalue weighted by molar-refractivity contribution is 7.92. The van der Waals surface area contributed by atoms with Gasteiger partial charge in [-0.2, -0.15) is 0 Å². The lowest BCUT2D eigenvalue weighted by molar-refractivity contribution is 0.127. The van der Waals surface area contributed by atoms with Gasteiger partial charge in [-0.25, -0.2) is 8.42 Å². The normalized spacial score (nSPS) is 18.1. The molecule has 0 radical (unpaired) electrons. The van der Waals surface area contributed by atoms with Gasteiger partial charge >= 0.3 is 0 Å². The number of anilines is 1. The smallest absolute Gasteiger partial charge is 0.235 e. The van der Waals surface area contributed by atoms with Crippen LogP contribution in [0.5, 0.6) is 0 Å². The van der Waals surface area contributed by atoms with Crippen molar-refractivity contribution in [3.8, 4) is 11.8 Å². The monoisotopic (exact) mass is 309 g/mol. The number of aliphatic hydroxyl groups is 1. The number of sulfonamides is 1. The van der Waals surface area contributed by atoms with Crippen molar-refractivity contribution in [2.45, 2.75) is 25.9 Å². The van der Waals surface area contributed by atoms with Crippen LogP contribution in [0.3, 0.4) is 0 Å². The van der Waals surface area contributed by atoms with Gasteiger partial charge in [-0.3, -0.25) is 4.72 Å². The third-order valence-corrected chi connectivity index (χ3v) is 4.45. The van der Waals surface area contributed by atoms with Gasteiger partial charge in [-0.1, -0.05) is 11.8 Å². The fraction of sp³-hybridized carbons (Fsp3) is 0.467. The summed E-state index contributed by atoms with van der Waals surface area (Å²) < 4.78 is 32.2. The number of aryl methyl sites for hydroxylation is 1. The van der Waals surface area contributed by atoms with Crippen molar-refractivity contribution < 1.29 is 18.3 Å². The Balaban J connectivity index is 2.12. The lowest BCUT2D eigenvalue weighted by atomic mass is 10.1. The summed E-state index contributed by atoms with van der Waals surface area (Å²) in [7, 11) is -3.44. The SMILES string of the molecule is Cc1cc(C#CCO)cc(NS(=O)(=O)CC2CCCO2)c1. The zero-order chi connectivity index (χ0) is 15.3. The lowest BCUT2D eigenvalue weighted by Crippen LogP contribution is -2.25. The number of hydrogen-bond acceptors (Lipinski definition) is 4. The molecule has 1 aliphatic heterocycles. The zero-order valence-corrected chi connectivity index (χ0v) is 12.7. The highest BCUT2D eigenvalue weighted by Crippen LogP contribution is 2.18. The van der Waals surface area contributed by atoms with E-state index in [1.807, 2.05) is 13.0 Å². The minimum absolute atomic E-state index is 0.0292. The summed E-state index contributed by atoms with van der Waals surface area (Å²) in [4.78, 5) is 0. The molecule has 2 N–H and O–H groups in total. The van der Waals surface area contributed by atoms with Gasteiger partial charge in [-0.05, 0) is 43.5 Å². The molecular weight excluding hydrogens is 290 g/mol. The predicted octanol–water partition coefficient (Wildman–Crippen LogP) is 1.26. The second kappa shape index (κ2) is 6.94. The van der Waals surface area contributed by atoms with Gasteiger partial charge in [0, 0.05) is 17.9 Å². The average molecular weight is 309 g/mol. The van der Waals surface area contributed by atoms with Gasteiger partial charge in [0.1, 0.15) is 6.61 Å². The van der Waals surface area contributed by atoms with E-state index in [4.69, 9.17) is 9.84 Å². The summed E-state index contributed by atoms with van der Waals surface area (Å²) in [5, 5.41) is 8.71. The summed E-state index contributed by atoms with van der Waals surface area (Å²) in [6.45, 7) is 2.27. The highest BCUT2D eigenvalue weighted by Gasteiger charge is 2.23. The molecule has 1 atom stereocenters. The van der Waals surface area contributed by atoms with E-state index in [0.717, 1.165) is 18.4 Å². The minimum Gasteiger partial charge on any atom is -0.384 e. The molecule has 1 saturated heterocycles. The van der Waals surface area contributed by atoms with Gasteiger partial charge in [0.15, 0.2) is 0 Å². The van der Waals surface area contributed by atoms with Crippen LogP contribution in [0.4, 0.5) is 5.69 Å². The molecule has 0 saturated carbocycles. The maximum absolute atomic E-state index is 12.1. The quantitative estimate of drug-likeness (QED) is 0.821. The molecule has 0 spiro atoms. The number of benzene rings is 1. The Hall–Kier alpha value is -1.55. The van der Waals surface area contributed by atoms with Gasteiger partial charge < -0.3 is 9.84 Å². The van der Waals surface area contributed by atoms with E-state index in [2.05, 4.69) is 16.6 Å². The molecule has 6 heteroatoms. The molecule has 1 aromatic carbocycles. The Morgan fingerprint density at radius 2 is 2.24 bits per heavy atom. The standard InChI is InChI=1S/C15H19NO4S/c1-12-8-13(4-2-6-17)10-14(9-12)16-21(18,19)11-15-5-3-7-20-15/h8-10,15-17H,3,5-7,11H2,1H3. The summed E-state index contributed by atoms with van der Waals surface area (Å²) >= 11 is 0. The number of aliphatic hydroxyl groups excluding tert-OH is 1. The molecule has 1 aliphatic rings. The second-order valence-corrected chi connectivity index (χ2v) is 6.83. The van der Waals surface area contributed by atoms with Crippen LogP contribution in [0.2, 0.25) is 0 Å². The van der Waals surface area contributed by atoms with Crippen molar-refractivity contribution >= 4 is 15.7 Å². The molecule has 2 rings (SSSR count). The topological polar surface area (TPSA) is 75.6 Å². The van der Waals surface area contributed by atoms with Crippen molar-refractivity contribution in [3.63, 3.8) is 0 Å². The fourth-order valence-electron chi connectivity index (χ4n) is 2.30. The van der Waals surface area contributed by atoms with Crippen LogP contribution in [0, 0.1) is 18.8 Å². The lowest BCUT2D eigenvalue weighted by Gasteiger charge is -2.12. The van der Waals surface area contributed by atoms with Crippen molar-refractivity contribution in [3.05, 3.63) is 29.3 Å². The first-order valence-electron chi connectivity index (χ1n) is 6.82. The van der Waals surface area contributed by atoms with Gasteiger partial charge in [0.05, 0.1) is 11.9 Å². The Labute approximate surface area is 125 Å². The maximum Gasteiger partial charge on any atom is 0.235 e. The maximum atomic E-state index is 12.1. The number of hydrogen-bond donors (Lipinski definition) is 2. The van der Waals surface area contributed by atoms with E-state index in [-0.39, 0.29) is 18.5 Å². The van der Waals surface area contributed by atoms with Crippen LogP contribution in [0.15, 0.2) is 18.2 Å². The molecule has 0 aromatic heterocycles. The van der Waals surface area contributed by atoms with E-state index in [9.17, 15) is 8.42 Å². The molecule has 1 aromatic rings. The van der Waals surface area contributed by atoms with E-state index in [1.54, 1.807) is 12.1 Å². The average Bonchev–Trinajstić information content (AvgIpc) is 2.87. The largest absolute Gasteiger partial charge is 0.384 e. The first-order chi connectivity index (χ1) is 9.98. The summed E-state index contributed by atoms with van der Waals surface area (Å²) in [6, 6.07) is 5.24. The molecule has 0 bridgehead atoms. The number of ether oxygens (including phenoxy) is 1. The van der Waals surface area contributed by atoms with Crippen molar-refractivity contribution in [2.24, 2.45) is 0 Å². The molecule has 1 unspecified atom stereocenters. The zero-order valence-electron chi connectivity index (χ0n) is 11.9. The Morgan fingerprint density at radius 1 is 1.43 bits per heavy atom. The van der Waals surface area contributed by atoms with Crippen LogP contribution in [-0.2, 0) is 14.8 Å². The summed E-state index contributed by atoms with van der Waals surface area (Å²) in [6.07, 6.45) is 1.47. The van der Waals surface area contributed by atoms with E-state index < -0.39 is 10.0 Å². The summed E-state index contributed by atoms with van der Waals surface area (Å²) in [5.74, 6) is 5.29. The minimum atomic E-state index is -3.44. The number of nitrogens with one attached hydrogen (secondary N) is 1. The van der Waals surface area contributed by atoms with Crippen LogP contribution in [0.1, 0.15) is 24.0 Å².